The van der Waals surface area contributed by atoms with Gasteiger partial charge in [0, 0.05) is 24.2 Å². The summed E-state index contributed by atoms with van der Waals surface area (Å²) in [6.45, 7) is 5.99. The first-order valence-electron chi connectivity index (χ1n) is 11.0. The number of para-hydroxylation sites is 2. The number of piperazine rings is 1. The van der Waals surface area contributed by atoms with Crippen LogP contribution in [0.2, 0.25) is 0 Å². The second-order valence-corrected chi connectivity index (χ2v) is 8.36. The Balaban J connectivity index is 1.26. The van der Waals surface area contributed by atoms with Crippen LogP contribution in [0.5, 0.6) is 11.5 Å². The third kappa shape index (κ3) is 4.03. The van der Waals surface area contributed by atoms with Gasteiger partial charge in [-0.05, 0) is 12.1 Å². The molecule has 0 radical (unpaired) electrons. The first-order valence-corrected chi connectivity index (χ1v) is 11.0. The molecule has 2 saturated heterocycles. The Kier molecular flexibility index (Phi) is 5.61. The summed E-state index contributed by atoms with van der Waals surface area (Å²) < 4.78 is 11.4. The van der Waals surface area contributed by atoms with Crippen LogP contribution in [-0.2, 0) is 14.3 Å². The Bertz CT molecular complexity index is 919. The van der Waals surface area contributed by atoms with Crippen LogP contribution in [-0.4, -0.2) is 80.6 Å². The number of benzene rings is 2. The highest BCUT2D eigenvalue weighted by Gasteiger charge is 2.37. The van der Waals surface area contributed by atoms with Crippen molar-refractivity contribution in [3.8, 4) is 11.5 Å². The molecule has 1 N–H and O–H groups in total. The van der Waals surface area contributed by atoms with Crippen LogP contribution in [0.15, 0.2) is 48.5 Å². The monoisotopic (exact) mass is 422 g/mol. The van der Waals surface area contributed by atoms with Gasteiger partial charge in [-0.2, -0.15) is 0 Å². The van der Waals surface area contributed by atoms with Crippen molar-refractivity contribution in [1.82, 2.24) is 9.80 Å². The summed E-state index contributed by atoms with van der Waals surface area (Å²) in [6, 6.07) is 15.6. The number of rotatable bonds is 3. The third-order valence-electron chi connectivity index (χ3n) is 6.47. The summed E-state index contributed by atoms with van der Waals surface area (Å²) in [5.41, 5.74) is 1.84. The Hall–Kier alpha value is -2.90. The average molecular weight is 423 g/mol. The largest absolute Gasteiger partial charge is 0.457 e. The Morgan fingerprint density at radius 1 is 0.839 bits per heavy atom. The van der Waals surface area contributed by atoms with Crippen LogP contribution in [0, 0.1) is 0 Å². The lowest BCUT2D eigenvalue weighted by Crippen LogP contribution is -3.15. The van der Waals surface area contributed by atoms with Gasteiger partial charge in [0.15, 0.2) is 6.54 Å². The van der Waals surface area contributed by atoms with E-state index in [4.69, 9.17) is 9.47 Å². The molecule has 0 unspecified atom stereocenters. The smallest absolute Gasteiger partial charge is 0.277 e. The van der Waals surface area contributed by atoms with Gasteiger partial charge in [-0.3, -0.25) is 9.59 Å². The molecule has 7 nitrogen and oxygen atoms in total. The zero-order valence-corrected chi connectivity index (χ0v) is 17.6. The number of fused-ring (bicyclic) bond motifs is 2. The molecule has 0 aliphatic carbocycles. The third-order valence-corrected chi connectivity index (χ3v) is 6.47. The number of carbonyl (C=O) groups excluding carboxylic acids is 2. The van der Waals surface area contributed by atoms with Crippen molar-refractivity contribution in [2.75, 3.05) is 59.0 Å². The van der Waals surface area contributed by atoms with Gasteiger partial charge in [-0.25, -0.2) is 0 Å². The fraction of sp³-hybridized carbons (Fsp3) is 0.417. The number of morpholine rings is 1. The van der Waals surface area contributed by atoms with Gasteiger partial charge in [0.05, 0.1) is 45.3 Å². The van der Waals surface area contributed by atoms with E-state index in [1.54, 1.807) is 0 Å². The molecule has 162 valence electrons. The van der Waals surface area contributed by atoms with Gasteiger partial charge in [0.2, 0.25) is 5.91 Å². The van der Waals surface area contributed by atoms with Crippen LogP contribution in [0.3, 0.4) is 0 Å². The van der Waals surface area contributed by atoms with E-state index in [1.807, 2.05) is 58.3 Å². The van der Waals surface area contributed by atoms with E-state index in [9.17, 15) is 9.59 Å². The van der Waals surface area contributed by atoms with E-state index in [-0.39, 0.29) is 17.7 Å². The van der Waals surface area contributed by atoms with Crippen LogP contribution >= 0.6 is 0 Å². The molecule has 3 heterocycles. The molecular formula is C24H28N3O4+. The minimum absolute atomic E-state index is 0.113. The molecule has 2 aromatic carbocycles. The molecule has 3 aliphatic heterocycles. The molecule has 7 heteroatoms. The first-order chi connectivity index (χ1) is 15.2. The Morgan fingerprint density at radius 2 is 1.42 bits per heavy atom. The van der Waals surface area contributed by atoms with Crippen LogP contribution in [0.4, 0.5) is 0 Å². The lowest BCUT2D eigenvalue weighted by atomic mass is 9.86. The summed E-state index contributed by atoms with van der Waals surface area (Å²) in [6.07, 6.45) is 0. The van der Waals surface area contributed by atoms with Crippen molar-refractivity contribution < 1.29 is 24.0 Å². The maximum atomic E-state index is 13.6. The lowest BCUT2D eigenvalue weighted by Gasteiger charge is -2.36. The second kappa shape index (κ2) is 8.69. The van der Waals surface area contributed by atoms with Crippen molar-refractivity contribution in [1.29, 1.82) is 0 Å². The molecule has 2 fully saturated rings. The van der Waals surface area contributed by atoms with E-state index in [1.165, 1.54) is 4.90 Å². The van der Waals surface area contributed by atoms with Crippen molar-refractivity contribution in [2.24, 2.45) is 0 Å². The molecule has 2 amide bonds. The van der Waals surface area contributed by atoms with Crippen LogP contribution in [0.1, 0.15) is 17.0 Å². The maximum absolute atomic E-state index is 13.6. The fourth-order valence-electron chi connectivity index (χ4n) is 4.72. The van der Waals surface area contributed by atoms with Crippen molar-refractivity contribution in [3.05, 3.63) is 59.7 Å². The van der Waals surface area contributed by atoms with Gasteiger partial charge in [-0.1, -0.05) is 36.4 Å². The normalized spacial score (nSPS) is 19.4. The zero-order chi connectivity index (χ0) is 21.2. The maximum Gasteiger partial charge on any atom is 0.277 e. The van der Waals surface area contributed by atoms with Crippen molar-refractivity contribution >= 4 is 11.8 Å². The first kappa shape index (κ1) is 20.0. The zero-order valence-electron chi connectivity index (χ0n) is 17.6. The van der Waals surface area contributed by atoms with Crippen LogP contribution < -0.4 is 9.64 Å². The van der Waals surface area contributed by atoms with Gasteiger partial charge in [0.1, 0.15) is 11.5 Å². The molecule has 0 aromatic heterocycles. The van der Waals surface area contributed by atoms with E-state index in [2.05, 4.69) is 0 Å². The molecular weight excluding hydrogens is 394 g/mol. The number of quaternary nitrogens is 1. The average Bonchev–Trinajstić information content (AvgIpc) is 2.83. The number of ether oxygens (including phenoxy) is 2. The second-order valence-electron chi connectivity index (χ2n) is 8.36. The van der Waals surface area contributed by atoms with E-state index >= 15 is 0 Å². The van der Waals surface area contributed by atoms with E-state index < -0.39 is 0 Å². The molecule has 5 rings (SSSR count). The molecule has 0 saturated carbocycles. The van der Waals surface area contributed by atoms with Gasteiger partial charge in [0.25, 0.3) is 5.91 Å². The molecule has 2 aromatic rings. The fourth-order valence-corrected chi connectivity index (χ4v) is 4.72. The SMILES string of the molecule is O=C(C[NH+]1CCN(C(=O)C2c3ccccc3Oc3ccccc32)CC1)N1CCOCC1. The highest BCUT2D eigenvalue weighted by molar-refractivity contribution is 5.89. The predicted octanol–water partition coefficient (Wildman–Crippen LogP) is 0.510. The highest BCUT2D eigenvalue weighted by Crippen LogP contribution is 2.44. The summed E-state index contributed by atoms with van der Waals surface area (Å²) in [7, 11) is 0. The van der Waals surface area contributed by atoms with Crippen molar-refractivity contribution in [3.63, 3.8) is 0 Å². The molecule has 31 heavy (non-hydrogen) atoms. The summed E-state index contributed by atoms with van der Waals surface area (Å²) >= 11 is 0. The van der Waals surface area contributed by atoms with Gasteiger partial charge < -0.3 is 24.2 Å². The number of hydrogen-bond donors (Lipinski definition) is 1. The highest BCUT2D eigenvalue weighted by atomic mass is 16.5. The molecule has 3 aliphatic rings. The van der Waals surface area contributed by atoms with Gasteiger partial charge in [-0.15, -0.1) is 0 Å². The van der Waals surface area contributed by atoms with Crippen LogP contribution in [0.25, 0.3) is 0 Å². The molecule has 0 spiro atoms. The number of hydrogen-bond acceptors (Lipinski definition) is 4. The lowest BCUT2D eigenvalue weighted by molar-refractivity contribution is -0.896. The Morgan fingerprint density at radius 3 is 2.03 bits per heavy atom. The number of amides is 2. The Labute approximate surface area is 182 Å². The van der Waals surface area contributed by atoms with Gasteiger partial charge >= 0.3 is 0 Å². The molecule has 0 bridgehead atoms. The quantitative estimate of drug-likeness (QED) is 0.783. The summed E-state index contributed by atoms with van der Waals surface area (Å²) in [5, 5.41) is 0. The van der Waals surface area contributed by atoms with E-state index in [0.717, 1.165) is 35.7 Å². The summed E-state index contributed by atoms with van der Waals surface area (Å²) in [5.74, 6) is 1.45. The topological polar surface area (TPSA) is 63.5 Å². The summed E-state index contributed by atoms with van der Waals surface area (Å²) in [4.78, 5) is 31.3. The number of carbonyl (C=O) groups is 2. The van der Waals surface area contributed by atoms with Crippen molar-refractivity contribution in [2.45, 2.75) is 5.92 Å². The number of nitrogens with one attached hydrogen (secondary N) is 1. The predicted molar refractivity (Wildman–Crippen MR) is 114 cm³/mol. The minimum atomic E-state index is -0.349. The minimum Gasteiger partial charge on any atom is -0.457 e. The number of nitrogens with zero attached hydrogens (tertiary/aromatic N) is 2. The standard InChI is InChI=1S/C24H27N3O4/c28-22(26-13-15-30-16-14-26)17-25-9-11-27(12-10-25)24(29)23-18-5-1-3-7-20(18)31-21-8-4-2-6-19(21)23/h1-8,23H,9-17H2/p+1. The molecule has 0 atom stereocenters. The van der Waals surface area contributed by atoms with E-state index in [0.29, 0.717) is 45.9 Å².